The first-order valence-electron chi connectivity index (χ1n) is 12.7. The number of nitrogens with zero attached hydrogens (tertiary/aromatic N) is 4. The smallest absolute Gasteiger partial charge is 0.254 e. The summed E-state index contributed by atoms with van der Waals surface area (Å²) >= 11 is 0. The maximum absolute atomic E-state index is 13.2. The van der Waals surface area contributed by atoms with Gasteiger partial charge < -0.3 is 9.88 Å². The predicted octanol–water partition coefficient (Wildman–Crippen LogP) is 3.75. The van der Waals surface area contributed by atoms with Crippen LogP contribution in [0.5, 0.6) is 0 Å². The molecule has 0 bridgehead atoms. The Morgan fingerprint density at radius 1 is 1.06 bits per heavy atom. The number of hydrogen-bond donors (Lipinski definition) is 1. The van der Waals surface area contributed by atoms with E-state index in [4.69, 9.17) is 4.98 Å². The van der Waals surface area contributed by atoms with Crippen LogP contribution in [0.25, 0.3) is 0 Å². The number of H-pyrrole nitrogens is 1. The molecular formula is C26H35N5O2. The minimum Gasteiger partial charge on any atom is -0.333 e. The van der Waals surface area contributed by atoms with Crippen molar-refractivity contribution in [1.29, 1.82) is 0 Å². The Bertz CT molecular complexity index is 1020. The van der Waals surface area contributed by atoms with Gasteiger partial charge in [0.05, 0.1) is 11.7 Å². The minimum absolute atomic E-state index is 0.0255. The molecule has 1 aliphatic carbocycles. The van der Waals surface area contributed by atoms with Crippen LogP contribution < -0.4 is 5.56 Å². The lowest BCUT2D eigenvalue weighted by atomic mass is 9.97. The number of fused-ring (bicyclic) bond motifs is 1. The van der Waals surface area contributed by atoms with E-state index in [1.165, 1.54) is 31.2 Å². The fraction of sp³-hybridized carbons (Fsp3) is 0.615. The average Bonchev–Trinajstić information content (AvgIpc) is 3.37. The van der Waals surface area contributed by atoms with Gasteiger partial charge in [-0.2, -0.15) is 0 Å². The van der Waals surface area contributed by atoms with Gasteiger partial charge in [0, 0.05) is 50.6 Å². The van der Waals surface area contributed by atoms with E-state index >= 15 is 0 Å². The van der Waals surface area contributed by atoms with Crippen LogP contribution in [0.1, 0.15) is 86.5 Å². The molecule has 2 aromatic rings. The first kappa shape index (κ1) is 22.3. The van der Waals surface area contributed by atoms with Crippen LogP contribution in [0.3, 0.4) is 0 Å². The lowest BCUT2D eigenvalue weighted by Crippen LogP contribution is -2.41. The van der Waals surface area contributed by atoms with E-state index in [-0.39, 0.29) is 17.5 Å². The molecule has 5 rings (SSSR count). The van der Waals surface area contributed by atoms with Crippen LogP contribution in [-0.4, -0.2) is 43.7 Å². The van der Waals surface area contributed by atoms with E-state index in [1.807, 2.05) is 29.4 Å². The van der Waals surface area contributed by atoms with E-state index in [2.05, 4.69) is 14.9 Å². The molecule has 4 heterocycles. The molecule has 2 aliphatic heterocycles. The SMILES string of the molecule is O=C(CCC1CCCC1)N1CCCC[C@H]1c1nc2c(c(=O)[nH]1)CCN(Cc1ccncc1)C2. The van der Waals surface area contributed by atoms with E-state index in [9.17, 15) is 9.59 Å². The molecule has 2 fully saturated rings. The Hall–Kier alpha value is -2.54. The molecule has 176 valence electrons. The third kappa shape index (κ3) is 5.18. The normalized spacial score (nSPS) is 21.8. The molecule has 0 unspecified atom stereocenters. The number of amides is 1. The van der Waals surface area contributed by atoms with Crippen molar-refractivity contribution in [3.8, 4) is 0 Å². The van der Waals surface area contributed by atoms with E-state index < -0.39 is 0 Å². The summed E-state index contributed by atoms with van der Waals surface area (Å²) < 4.78 is 0. The first-order valence-corrected chi connectivity index (χ1v) is 12.7. The second kappa shape index (κ2) is 10.2. The summed E-state index contributed by atoms with van der Waals surface area (Å²) in [4.78, 5) is 42.6. The molecule has 1 N–H and O–H groups in total. The highest BCUT2D eigenvalue weighted by Gasteiger charge is 2.31. The molecule has 0 radical (unpaired) electrons. The van der Waals surface area contributed by atoms with Gasteiger partial charge in [-0.05, 0) is 55.7 Å². The zero-order valence-corrected chi connectivity index (χ0v) is 19.5. The quantitative estimate of drug-likeness (QED) is 0.726. The van der Waals surface area contributed by atoms with Crippen molar-refractivity contribution < 1.29 is 4.79 Å². The summed E-state index contributed by atoms with van der Waals surface area (Å²) in [6.45, 7) is 3.09. The molecule has 1 saturated carbocycles. The molecule has 2 aromatic heterocycles. The van der Waals surface area contributed by atoms with E-state index in [1.54, 1.807) is 0 Å². The lowest BCUT2D eigenvalue weighted by Gasteiger charge is -2.36. The third-order valence-electron chi connectivity index (χ3n) is 7.71. The first-order chi connectivity index (χ1) is 16.2. The van der Waals surface area contributed by atoms with Crippen LogP contribution in [0.15, 0.2) is 29.3 Å². The summed E-state index contributed by atoms with van der Waals surface area (Å²) in [6.07, 6.45) is 14.1. The molecule has 7 heteroatoms. The predicted molar refractivity (Wildman–Crippen MR) is 126 cm³/mol. The van der Waals surface area contributed by atoms with Gasteiger partial charge in [0.1, 0.15) is 5.82 Å². The van der Waals surface area contributed by atoms with Crippen LogP contribution in [0, 0.1) is 5.92 Å². The molecule has 7 nitrogen and oxygen atoms in total. The molecule has 1 saturated heterocycles. The van der Waals surface area contributed by atoms with Gasteiger partial charge in [-0.3, -0.25) is 19.5 Å². The van der Waals surface area contributed by atoms with Crippen LogP contribution in [-0.2, 0) is 24.3 Å². The Labute approximate surface area is 195 Å². The highest BCUT2D eigenvalue weighted by Crippen LogP contribution is 2.32. The Morgan fingerprint density at radius 3 is 2.67 bits per heavy atom. The summed E-state index contributed by atoms with van der Waals surface area (Å²) in [7, 11) is 0. The van der Waals surface area contributed by atoms with Crippen molar-refractivity contribution in [2.45, 2.75) is 83.3 Å². The number of likely N-dealkylation sites (tertiary alicyclic amines) is 1. The topological polar surface area (TPSA) is 82.2 Å². The standard InChI is InChI=1S/C26H35N5O2/c32-24(9-8-19-5-1-2-6-19)31-15-4-3-7-23(31)25-28-22-18-30(16-12-21(22)26(33)29-25)17-20-10-13-27-14-11-20/h10-11,13-14,19,23H,1-9,12,15-18H2,(H,28,29,33)/t23-/m0/s1. The second-order valence-corrected chi connectivity index (χ2v) is 9.98. The highest BCUT2D eigenvalue weighted by molar-refractivity contribution is 5.76. The number of piperidine rings is 1. The van der Waals surface area contributed by atoms with Crippen LogP contribution in [0.4, 0.5) is 0 Å². The van der Waals surface area contributed by atoms with Crippen molar-refractivity contribution >= 4 is 5.91 Å². The summed E-state index contributed by atoms with van der Waals surface area (Å²) in [5.41, 5.74) is 2.87. The fourth-order valence-electron chi connectivity index (χ4n) is 5.84. The highest BCUT2D eigenvalue weighted by atomic mass is 16.2. The van der Waals surface area contributed by atoms with Crippen LogP contribution >= 0.6 is 0 Å². The Kier molecular flexibility index (Phi) is 6.85. The van der Waals surface area contributed by atoms with Gasteiger partial charge in [0.25, 0.3) is 5.56 Å². The summed E-state index contributed by atoms with van der Waals surface area (Å²) in [6, 6.07) is 3.95. The summed E-state index contributed by atoms with van der Waals surface area (Å²) in [5.74, 6) is 1.62. The molecular weight excluding hydrogens is 414 g/mol. The van der Waals surface area contributed by atoms with Crippen molar-refractivity contribution in [1.82, 2.24) is 24.8 Å². The number of pyridine rings is 1. The number of hydrogen-bond acceptors (Lipinski definition) is 5. The largest absolute Gasteiger partial charge is 0.333 e. The van der Waals surface area contributed by atoms with E-state index in [0.717, 1.165) is 56.6 Å². The second-order valence-electron chi connectivity index (χ2n) is 9.98. The van der Waals surface area contributed by atoms with Crippen molar-refractivity contribution in [2.24, 2.45) is 5.92 Å². The molecule has 0 aromatic carbocycles. The van der Waals surface area contributed by atoms with Crippen molar-refractivity contribution in [3.05, 3.63) is 57.5 Å². The number of carbonyl (C=O) groups excluding carboxylic acids is 1. The fourth-order valence-corrected chi connectivity index (χ4v) is 5.84. The van der Waals surface area contributed by atoms with Crippen molar-refractivity contribution in [3.63, 3.8) is 0 Å². The van der Waals surface area contributed by atoms with Gasteiger partial charge in [0.2, 0.25) is 5.91 Å². The molecule has 0 spiro atoms. The minimum atomic E-state index is -0.108. The van der Waals surface area contributed by atoms with Gasteiger partial charge in [-0.1, -0.05) is 25.7 Å². The van der Waals surface area contributed by atoms with Crippen molar-refractivity contribution in [2.75, 3.05) is 13.1 Å². The zero-order valence-electron chi connectivity index (χ0n) is 19.5. The van der Waals surface area contributed by atoms with Crippen LogP contribution in [0.2, 0.25) is 0 Å². The Morgan fingerprint density at radius 2 is 1.85 bits per heavy atom. The average molecular weight is 450 g/mol. The molecule has 1 atom stereocenters. The summed E-state index contributed by atoms with van der Waals surface area (Å²) in [5, 5.41) is 0. The zero-order chi connectivity index (χ0) is 22.6. The number of carbonyl (C=O) groups is 1. The molecule has 1 amide bonds. The number of aromatic nitrogens is 3. The molecule has 3 aliphatic rings. The lowest BCUT2D eigenvalue weighted by molar-refractivity contribution is -0.135. The van der Waals surface area contributed by atoms with E-state index in [0.29, 0.717) is 31.1 Å². The molecule has 33 heavy (non-hydrogen) atoms. The number of aromatic amines is 1. The maximum Gasteiger partial charge on any atom is 0.254 e. The Balaban J connectivity index is 1.31. The van der Waals surface area contributed by atoms with Gasteiger partial charge >= 0.3 is 0 Å². The van der Waals surface area contributed by atoms with Gasteiger partial charge in [-0.25, -0.2) is 4.98 Å². The third-order valence-corrected chi connectivity index (χ3v) is 7.71. The number of nitrogens with one attached hydrogen (secondary N) is 1. The maximum atomic E-state index is 13.2. The number of rotatable bonds is 6. The van der Waals surface area contributed by atoms with Gasteiger partial charge in [0.15, 0.2) is 0 Å². The monoisotopic (exact) mass is 449 g/mol. The van der Waals surface area contributed by atoms with Gasteiger partial charge in [-0.15, -0.1) is 0 Å².